The van der Waals surface area contributed by atoms with Crippen LogP contribution in [0.1, 0.15) is 36.7 Å². The molecule has 2 nitrogen and oxygen atoms in total. The van der Waals surface area contributed by atoms with E-state index in [4.69, 9.17) is 0 Å². The maximum Gasteiger partial charge on any atom is 0.169 e. The zero-order chi connectivity index (χ0) is 16.8. The Morgan fingerprint density at radius 3 is 2.22 bits per heavy atom. The number of carbonyl (C=O) groups is 1. The molecule has 0 aromatic heterocycles. The molecule has 0 aliphatic carbocycles. The molecule has 0 amide bonds. The minimum atomic E-state index is -0.441. The molecule has 2 rings (SSSR count). The average Bonchev–Trinajstić information content (AvgIpc) is 2.55. The second-order valence-corrected chi connectivity index (χ2v) is 6.25. The van der Waals surface area contributed by atoms with Crippen molar-refractivity contribution in [2.24, 2.45) is 5.92 Å². The minimum Gasteiger partial charge on any atom is -0.296 e. The van der Waals surface area contributed by atoms with Crippen LogP contribution in [0.5, 0.6) is 0 Å². The van der Waals surface area contributed by atoms with Crippen molar-refractivity contribution in [1.82, 2.24) is 4.90 Å². The van der Waals surface area contributed by atoms with Crippen molar-refractivity contribution in [3.05, 3.63) is 71.5 Å². The Balaban J connectivity index is 2.07. The third-order valence-corrected chi connectivity index (χ3v) is 4.05. The first-order valence-corrected chi connectivity index (χ1v) is 8.05. The number of ketones is 1. The molecule has 0 spiro atoms. The minimum absolute atomic E-state index is 0.137. The molecule has 0 radical (unpaired) electrons. The fourth-order valence-electron chi connectivity index (χ4n) is 2.64. The summed E-state index contributed by atoms with van der Waals surface area (Å²) in [7, 11) is 0. The molecule has 0 aliphatic rings. The number of Topliss-reactive ketones (excluding diaryl/α,β-unsaturated/α-hetero) is 1. The Kier molecular flexibility index (Phi) is 6.05. The fraction of sp³-hybridized carbons (Fsp3) is 0.350. The van der Waals surface area contributed by atoms with E-state index in [0.29, 0.717) is 12.6 Å². The van der Waals surface area contributed by atoms with Gasteiger partial charge in [0.25, 0.3) is 0 Å². The van der Waals surface area contributed by atoms with Crippen molar-refractivity contribution in [2.75, 3.05) is 6.54 Å². The molecule has 2 aromatic rings. The van der Waals surface area contributed by atoms with Crippen LogP contribution in [0.25, 0.3) is 0 Å². The van der Waals surface area contributed by atoms with Crippen molar-refractivity contribution in [3.63, 3.8) is 0 Å². The summed E-state index contributed by atoms with van der Waals surface area (Å²) in [6.45, 7) is 7.49. The molecule has 1 unspecified atom stereocenters. The Morgan fingerprint density at radius 2 is 1.61 bits per heavy atom. The monoisotopic (exact) mass is 313 g/mol. The number of hydrogen-bond acceptors (Lipinski definition) is 2. The van der Waals surface area contributed by atoms with Crippen LogP contribution >= 0.6 is 0 Å². The number of carbonyl (C=O) groups excluding carboxylic acids is 1. The van der Waals surface area contributed by atoms with Crippen LogP contribution in [0, 0.1) is 11.7 Å². The summed E-state index contributed by atoms with van der Waals surface area (Å²) < 4.78 is 13.8. The first kappa shape index (κ1) is 17.4. The normalized spacial score (nSPS) is 12.6. The predicted molar refractivity (Wildman–Crippen MR) is 91.9 cm³/mol. The van der Waals surface area contributed by atoms with E-state index in [1.54, 1.807) is 18.2 Å². The van der Waals surface area contributed by atoms with E-state index in [9.17, 15) is 9.18 Å². The summed E-state index contributed by atoms with van der Waals surface area (Å²) in [5, 5.41) is 0. The maximum atomic E-state index is 13.8. The number of hydrogen-bond donors (Lipinski definition) is 0. The molecule has 0 saturated carbocycles. The highest BCUT2D eigenvalue weighted by Gasteiger charge is 2.22. The van der Waals surface area contributed by atoms with Gasteiger partial charge in [-0.1, -0.05) is 49.4 Å². The summed E-state index contributed by atoms with van der Waals surface area (Å²) in [6, 6.07) is 16.7. The van der Waals surface area contributed by atoms with Gasteiger partial charge in [0.2, 0.25) is 0 Å². The lowest BCUT2D eigenvalue weighted by atomic mass is 9.97. The van der Waals surface area contributed by atoms with E-state index >= 15 is 0 Å². The van der Waals surface area contributed by atoms with Gasteiger partial charge in [0, 0.05) is 25.0 Å². The summed E-state index contributed by atoms with van der Waals surface area (Å²) in [6.07, 6.45) is 0. The average molecular weight is 313 g/mol. The summed E-state index contributed by atoms with van der Waals surface area (Å²) >= 11 is 0. The number of nitrogens with zero attached hydrogens (tertiary/aromatic N) is 1. The Hall–Kier alpha value is -2.00. The lowest BCUT2D eigenvalue weighted by Gasteiger charge is -2.29. The Morgan fingerprint density at radius 1 is 1.00 bits per heavy atom. The molecule has 0 heterocycles. The van der Waals surface area contributed by atoms with Crippen LogP contribution in [-0.4, -0.2) is 23.3 Å². The summed E-state index contributed by atoms with van der Waals surface area (Å²) in [4.78, 5) is 14.8. The van der Waals surface area contributed by atoms with E-state index in [2.05, 4.69) is 30.9 Å². The molecule has 0 N–H and O–H groups in total. The molecule has 2 aromatic carbocycles. The molecule has 1 atom stereocenters. The lowest BCUT2D eigenvalue weighted by molar-refractivity contribution is 0.0867. The van der Waals surface area contributed by atoms with Gasteiger partial charge < -0.3 is 0 Å². The van der Waals surface area contributed by atoms with Gasteiger partial charge in [-0.05, 0) is 31.5 Å². The molecule has 0 fully saturated rings. The number of rotatable bonds is 7. The molecule has 122 valence electrons. The zero-order valence-corrected chi connectivity index (χ0v) is 14.0. The van der Waals surface area contributed by atoms with Crippen molar-refractivity contribution in [3.8, 4) is 0 Å². The SMILES string of the molecule is CC(CN(Cc1ccccc1)C(C)C)C(=O)c1ccccc1F. The van der Waals surface area contributed by atoms with Crippen LogP contribution in [0.15, 0.2) is 54.6 Å². The number of benzene rings is 2. The molecule has 3 heteroatoms. The largest absolute Gasteiger partial charge is 0.296 e. The second kappa shape index (κ2) is 8.02. The van der Waals surface area contributed by atoms with Crippen molar-refractivity contribution < 1.29 is 9.18 Å². The van der Waals surface area contributed by atoms with Crippen LogP contribution in [0.3, 0.4) is 0 Å². The molecule has 0 bridgehead atoms. The maximum absolute atomic E-state index is 13.8. The highest BCUT2D eigenvalue weighted by Crippen LogP contribution is 2.16. The first-order chi connectivity index (χ1) is 11.0. The van der Waals surface area contributed by atoms with E-state index in [-0.39, 0.29) is 17.3 Å². The zero-order valence-electron chi connectivity index (χ0n) is 14.0. The van der Waals surface area contributed by atoms with Crippen molar-refractivity contribution >= 4 is 5.78 Å². The van der Waals surface area contributed by atoms with Crippen LogP contribution in [0.4, 0.5) is 4.39 Å². The van der Waals surface area contributed by atoms with Crippen LogP contribution in [0.2, 0.25) is 0 Å². The molecular weight excluding hydrogens is 289 g/mol. The lowest BCUT2D eigenvalue weighted by Crippen LogP contribution is -2.36. The predicted octanol–water partition coefficient (Wildman–Crippen LogP) is 4.56. The molecule has 23 heavy (non-hydrogen) atoms. The van der Waals surface area contributed by atoms with Gasteiger partial charge in [-0.2, -0.15) is 0 Å². The topological polar surface area (TPSA) is 20.3 Å². The molecule has 0 aliphatic heterocycles. The third kappa shape index (κ3) is 4.73. The van der Waals surface area contributed by atoms with E-state index in [0.717, 1.165) is 6.54 Å². The molecular formula is C20H24FNO. The van der Waals surface area contributed by atoms with Gasteiger partial charge in [0.1, 0.15) is 5.82 Å². The van der Waals surface area contributed by atoms with Gasteiger partial charge in [0.15, 0.2) is 5.78 Å². The Labute approximate surface area is 137 Å². The first-order valence-electron chi connectivity index (χ1n) is 8.05. The standard InChI is InChI=1S/C20H24FNO/c1-15(2)22(14-17-9-5-4-6-10-17)13-16(3)20(23)18-11-7-8-12-19(18)21/h4-12,15-16H,13-14H2,1-3H3. The van der Waals surface area contributed by atoms with Gasteiger partial charge in [-0.3, -0.25) is 9.69 Å². The van der Waals surface area contributed by atoms with E-state index < -0.39 is 5.82 Å². The van der Waals surface area contributed by atoms with E-state index in [1.165, 1.54) is 11.6 Å². The summed E-state index contributed by atoms with van der Waals surface area (Å²) in [5.74, 6) is -0.830. The number of halogens is 1. The van der Waals surface area contributed by atoms with E-state index in [1.807, 2.05) is 25.1 Å². The van der Waals surface area contributed by atoms with Crippen LogP contribution in [-0.2, 0) is 6.54 Å². The summed E-state index contributed by atoms with van der Waals surface area (Å²) in [5.41, 5.74) is 1.40. The van der Waals surface area contributed by atoms with Crippen molar-refractivity contribution in [1.29, 1.82) is 0 Å². The van der Waals surface area contributed by atoms with Crippen LogP contribution < -0.4 is 0 Å². The van der Waals surface area contributed by atoms with Gasteiger partial charge >= 0.3 is 0 Å². The molecule has 0 saturated heterocycles. The highest BCUT2D eigenvalue weighted by molar-refractivity contribution is 5.98. The fourth-order valence-corrected chi connectivity index (χ4v) is 2.64. The van der Waals surface area contributed by atoms with Gasteiger partial charge in [-0.25, -0.2) is 4.39 Å². The van der Waals surface area contributed by atoms with Crippen molar-refractivity contribution in [2.45, 2.75) is 33.4 Å². The smallest absolute Gasteiger partial charge is 0.169 e. The Bertz CT molecular complexity index is 639. The third-order valence-electron chi connectivity index (χ3n) is 4.05. The van der Waals surface area contributed by atoms with Gasteiger partial charge in [-0.15, -0.1) is 0 Å². The van der Waals surface area contributed by atoms with Gasteiger partial charge in [0.05, 0.1) is 5.56 Å². The second-order valence-electron chi connectivity index (χ2n) is 6.25. The quantitative estimate of drug-likeness (QED) is 0.699. The highest BCUT2D eigenvalue weighted by atomic mass is 19.1.